The Morgan fingerprint density at radius 2 is 1.84 bits per heavy atom. The lowest BCUT2D eigenvalue weighted by Crippen LogP contribution is -2.52. The van der Waals surface area contributed by atoms with Gasteiger partial charge in [-0.1, -0.05) is 24.0 Å². The Morgan fingerprint density at radius 1 is 1.02 bits per heavy atom. The number of carbonyl (C=O) groups is 4. The fraction of sp³-hybridized carbons (Fsp3) is 0.438. The molecule has 0 radical (unpaired) electrons. The first-order valence-corrected chi connectivity index (χ1v) is 14.5. The van der Waals surface area contributed by atoms with Gasteiger partial charge in [-0.25, -0.2) is 0 Å². The van der Waals surface area contributed by atoms with Gasteiger partial charge in [0.05, 0.1) is 26.9 Å². The number of methoxy groups -OCH3 is 1. The van der Waals surface area contributed by atoms with Crippen LogP contribution in [0.2, 0.25) is 0 Å². The molecule has 2 heterocycles. The number of nitrogens with one attached hydrogen (secondary N) is 3. The van der Waals surface area contributed by atoms with Crippen LogP contribution in [0.25, 0.3) is 0 Å². The van der Waals surface area contributed by atoms with Gasteiger partial charge in [-0.3, -0.25) is 24.5 Å². The number of nitrogens with zero attached hydrogens (tertiary/aromatic N) is 1. The second kappa shape index (κ2) is 16.4. The normalized spacial score (nSPS) is 15.9. The van der Waals surface area contributed by atoms with Crippen molar-refractivity contribution in [2.24, 2.45) is 0 Å². The number of hydrogen-bond donors (Lipinski definition) is 3. The standard InChI is InChI=1S/C32H38N4O7/c1-41-25-10-4-9-24(21-25)30(38)34-15-6-17-42-19-20-43-18-16-33-14-3-2-7-23-8-5-11-26-27(23)22-36(32(26)40)28-12-13-29(37)35-31(28)39/h4-5,8-11,21,28,33H,3,6,12-20,22H2,1H3,(H,34,38)(H,35,37,39). The van der Waals surface area contributed by atoms with Gasteiger partial charge in [-0.15, -0.1) is 0 Å². The van der Waals surface area contributed by atoms with Gasteiger partial charge in [0.15, 0.2) is 0 Å². The molecule has 2 aromatic carbocycles. The summed E-state index contributed by atoms with van der Waals surface area (Å²) in [6.45, 7) is 4.29. The Balaban J connectivity index is 1.03. The van der Waals surface area contributed by atoms with E-state index in [4.69, 9.17) is 14.2 Å². The van der Waals surface area contributed by atoms with Gasteiger partial charge in [0, 0.05) is 62.3 Å². The van der Waals surface area contributed by atoms with Gasteiger partial charge in [0.2, 0.25) is 11.8 Å². The molecule has 1 fully saturated rings. The highest BCUT2D eigenvalue weighted by Crippen LogP contribution is 2.29. The molecule has 1 atom stereocenters. The van der Waals surface area contributed by atoms with Crippen LogP contribution >= 0.6 is 0 Å². The van der Waals surface area contributed by atoms with Gasteiger partial charge in [0.25, 0.3) is 11.8 Å². The summed E-state index contributed by atoms with van der Waals surface area (Å²) in [5, 5.41) is 8.48. The molecule has 2 aromatic rings. The summed E-state index contributed by atoms with van der Waals surface area (Å²) < 4.78 is 16.3. The van der Waals surface area contributed by atoms with Crippen LogP contribution < -0.4 is 20.7 Å². The molecule has 43 heavy (non-hydrogen) atoms. The summed E-state index contributed by atoms with van der Waals surface area (Å²) in [5.41, 5.74) is 2.73. The molecule has 1 unspecified atom stereocenters. The second-order valence-electron chi connectivity index (χ2n) is 10.1. The van der Waals surface area contributed by atoms with Crippen molar-refractivity contribution in [1.82, 2.24) is 20.9 Å². The van der Waals surface area contributed by atoms with Crippen molar-refractivity contribution < 1.29 is 33.4 Å². The molecule has 0 aromatic heterocycles. The Bertz CT molecular complexity index is 1370. The molecule has 3 N–H and O–H groups in total. The van der Waals surface area contributed by atoms with Crippen LogP contribution in [0, 0.1) is 11.8 Å². The fourth-order valence-electron chi connectivity index (χ4n) is 4.85. The Labute approximate surface area is 251 Å². The van der Waals surface area contributed by atoms with E-state index in [2.05, 4.69) is 27.8 Å². The van der Waals surface area contributed by atoms with Crippen LogP contribution in [0.4, 0.5) is 0 Å². The van der Waals surface area contributed by atoms with Gasteiger partial charge < -0.3 is 29.7 Å². The van der Waals surface area contributed by atoms with Crippen LogP contribution in [0.15, 0.2) is 42.5 Å². The molecule has 228 valence electrons. The molecule has 11 nitrogen and oxygen atoms in total. The first-order valence-electron chi connectivity index (χ1n) is 14.5. The third-order valence-electron chi connectivity index (χ3n) is 7.11. The molecule has 2 aliphatic rings. The van der Waals surface area contributed by atoms with E-state index in [0.29, 0.717) is 88.7 Å². The number of piperidine rings is 1. The van der Waals surface area contributed by atoms with E-state index < -0.39 is 11.9 Å². The predicted octanol–water partition coefficient (Wildman–Crippen LogP) is 1.64. The zero-order valence-electron chi connectivity index (χ0n) is 24.4. The summed E-state index contributed by atoms with van der Waals surface area (Å²) in [4.78, 5) is 50.4. The third-order valence-corrected chi connectivity index (χ3v) is 7.11. The zero-order valence-corrected chi connectivity index (χ0v) is 24.4. The maximum atomic E-state index is 12.9. The summed E-state index contributed by atoms with van der Waals surface area (Å²) in [7, 11) is 1.57. The van der Waals surface area contributed by atoms with Crippen molar-refractivity contribution >= 4 is 23.6 Å². The molecule has 1 saturated heterocycles. The average Bonchev–Trinajstić information content (AvgIpc) is 3.35. The summed E-state index contributed by atoms with van der Waals surface area (Å²) in [5.74, 6) is 5.90. The highest BCUT2D eigenvalue weighted by molar-refractivity contribution is 6.05. The van der Waals surface area contributed by atoms with Crippen LogP contribution in [0.5, 0.6) is 5.75 Å². The van der Waals surface area contributed by atoms with E-state index in [1.54, 1.807) is 43.5 Å². The minimum absolute atomic E-state index is 0.140. The molecule has 0 bridgehead atoms. The maximum absolute atomic E-state index is 12.9. The van der Waals surface area contributed by atoms with Crippen LogP contribution in [-0.2, 0) is 25.6 Å². The highest BCUT2D eigenvalue weighted by Gasteiger charge is 2.39. The smallest absolute Gasteiger partial charge is 0.255 e. The van der Waals surface area contributed by atoms with E-state index in [9.17, 15) is 19.2 Å². The minimum Gasteiger partial charge on any atom is -0.497 e. The predicted molar refractivity (Wildman–Crippen MR) is 158 cm³/mol. The number of carbonyl (C=O) groups excluding carboxylic acids is 4. The van der Waals surface area contributed by atoms with Crippen LogP contribution in [0.1, 0.15) is 57.5 Å². The Morgan fingerprint density at radius 3 is 2.65 bits per heavy atom. The van der Waals surface area contributed by atoms with Gasteiger partial charge in [-0.2, -0.15) is 0 Å². The number of imide groups is 1. The number of rotatable bonds is 15. The lowest BCUT2D eigenvalue weighted by molar-refractivity contribution is -0.136. The number of benzene rings is 2. The van der Waals surface area contributed by atoms with E-state index in [1.165, 1.54) is 4.90 Å². The molecular weight excluding hydrogens is 552 g/mol. The van der Waals surface area contributed by atoms with Gasteiger partial charge >= 0.3 is 0 Å². The number of ether oxygens (including phenoxy) is 3. The monoisotopic (exact) mass is 590 g/mol. The van der Waals surface area contributed by atoms with Crippen molar-refractivity contribution in [2.45, 2.75) is 38.3 Å². The first-order chi connectivity index (χ1) is 21.0. The largest absolute Gasteiger partial charge is 0.497 e. The first kappa shape index (κ1) is 31.7. The molecule has 0 aliphatic carbocycles. The Kier molecular flexibility index (Phi) is 12.1. The van der Waals surface area contributed by atoms with E-state index in [-0.39, 0.29) is 24.1 Å². The van der Waals surface area contributed by atoms with Crippen LogP contribution in [-0.4, -0.2) is 87.7 Å². The van der Waals surface area contributed by atoms with Crippen molar-refractivity contribution in [1.29, 1.82) is 0 Å². The topological polar surface area (TPSA) is 135 Å². The molecule has 4 rings (SSSR count). The van der Waals surface area contributed by atoms with Crippen molar-refractivity contribution in [3.63, 3.8) is 0 Å². The molecule has 2 aliphatic heterocycles. The van der Waals surface area contributed by atoms with Gasteiger partial charge in [0.1, 0.15) is 11.8 Å². The molecule has 4 amide bonds. The van der Waals surface area contributed by atoms with Crippen molar-refractivity contribution in [2.75, 3.05) is 53.2 Å². The number of fused-ring (bicyclic) bond motifs is 1. The van der Waals surface area contributed by atoms with Crippen molar-refractivity contribution in [3.05, 3.63) is 64.7 Å². The zero-order chi connectivity index (χ0) is 30.4. The summed E-state index contributed by atoms with van der Waals surface area (Å²) in [6, 6.07) is 11.8. The molecule has 11 heteroatoms. The quantitative estimate of drug-likeness (QED) is 0.162. The average molecular weight is 591 g/mol. The SMILES string of the molecule is COc1cccc(C(=O)NCCCOCCOCCNCCC#Cc2cccc3c2CN(C2CCC(=O)NC2=O)C3=O)c1. The van der Waals surface area contributed by atoms with E-state index >= 15 is 0 Å². The summed E-state index contributed by atoms with van der Waals surface area (Å²) in [6.07, 6.45) is 1.90. The second-order valence-corrected chi connectivity index (χ2v) is 10.1. The Hall–Kier alpha value is -4.24. The van der Waals surface area contributed by atoms with Gasteiger partial charge in [-0.05, 0) is 48.7 Å². The lowest BCUT2D eigenvalue weighted by atomic mass is 10.0. The summed E-state index contributed by atoms with van der Waals surface area (Å²) >= 11 is 0. The number of amides is 4. The molecule has 0 spiro atoms. The van der Waals surface area contributed by atoms with E-state index in [0.717, 1.165) is 11.1 Å². The van der Waals surface area contributed by atoms with Crippen LogP contribution in [0.3, 0.4) is 0 Å². The molecular formula is C32H38N4O7. The fourth-order valence-corrected chi connectivity index (χ4v) is 4.85. The lowest BCUT2D eigenvalue weighted by Gasteiger charge is -2.29. The minimum atomic E-state index is -0.637. The van der Waals surface area contributed by atoms with E-state index in [1.807, 2.05) is 6.07 Å². The number of hydrogen-bond acceptors (Lipinski definition) is 8. The van der Waals surface area contributed by atoms with Crippen molar-refractivity contribution in [3.8, 4) is 17.6 Å². The molecule has 0 saturated carbocycles. The third kappa shape index (κ3) is 9.12. The highest BCUT2D eigenvalue weighted by atomic mass is 16.5. The maximum Gasteiger partial charge on any atom is 0.255 e.